The van der Waals surface area contributed by atoms with Crippen LogP contribution in [0.15, 0.2) is 61.2 Å². The van der Waals surface area contributed by atoms with E-state index in [1.807, 2.05) is 18.2 Å². The normalized spacial score (nSPS) is 21.3. The standard InChI is InChI=1S/C25H30N8O.C7H8/c34-25(17-3-4-17)30-23-10-22(27-15-28-23)26-11-19-13-32-12-18(16-1-2-16)9-21(24(32)29-19)33-8-7-31-6-5-20(33)14-31;1-7-5-3-2-4-6-7/h9-10,12-13,15-17,20H,1-8,11,14H2,(H2,26,27,28,30,34);2-6H,1H3. The number of anilines is 3. The summed E-state index contributed by atoms with van der Waals surface area (Å²) in [6, 6.07) is 15.0. The number of carbonyl (C=O) groups is 1. The summed E-state index contributed by atoms with van der Waals surface area (Å²) >= 11 is 0. The maximum atomic E-state index is 12.0. The first-order chi connectivity index (χ1) is 20.1. The van der Waals surface area contributed by atoms with Gasteiger partial charge in [-0.25, -0.2) is 15.0 Å². The number of aryl methyl sites for hydroxylation is 1. The van der Waals surface area contributed by atoms with Crippen molar-refractivity contribution in [1.82, 2.24) is 24.3 Å². The van der Waals surface area contributed by atoms with Gasteiger partial charge in [0.05, 0.1) is 17.9 Å². The maximum Gasteiger partial charge on any atom is 0.228 e. The van der Waals surface area contributed by atoms with Crippen LogP contribution in [0.3, 0.4) is 0 Å². The number of imidazole rings is 1. The molecule has 4 fully saturated rings. The van der Waals surface area contributed by atoms with E-state index in [4.69, 9.17) is 4.98 Å². The number of hydrogen-bond acceptors (Lipinski definition) is 7. The van der Waals surface area contributed by atoms with Crippen LogP contribution in [0, 0.1) is 12.8 Å². The van der Waals surface area contributed by atoms with Gasteiger partial charge in [0, 0.05) is 56.6 Å². The van der Waals surface area contributed by atoms with Crippen LogP contribution in [0.1, 0.15) is 54.8 Å². The third-order valence-electron chi connectivity index (χ3n) is 8.56. The summed E-state index contributed by atoms with van der Waals surface area (Å²) in [4.78, 5) is 30.8. The first-order valence-corrected chi connectivity index (χ1v) is 15.0. The van der Waals surface area contributed by atoms with E-state index in [1.54, 1.807) is 6.07 Å². The molecule has 1 amide bonds. The number of carbonyl (C=O) groups excluding carboxylic acids is 1. The molecule has 1 aromatic carbocycles. The number of amides is 1. The van der Waals surface area contributed by atoms with Gasteiger partial charge in [0.1, 0.15) is 18.0 Å². The molecule has 0 spiro atoms. The fraction of sp³-hybridized carbons (Fsp3) is 0.438. The second-order valence-corrected chi connectivity index (χ2v) is 11.9. The Bertz CT molecular complexity index is 1530. The van der Waals surface area contributed by atoms with Crippen LogP contribution in [0.4, 0.5) is 17.3 Å². The number of nitrogens with zero attached hydrogens (tertiary/aromatic N) is 6. The summed E-state index contributed by atoms with van der Waals surface area (Å²) in [5, 5.41) is 6.24. The molecule has 2 saturated heterocycles. The average Bonchev–Trinajstić information content (AvgIpc) is 3.92. The van der Waals surface area contributed by atoms with E-state index in [-0.39, 0.29) is 11.8 Å². The Labute approximate surface area is 241 Å². The molecule has 2 saturated carbocycles. The van der Waals surface area contributed by atoms with Gasteiger partial charge in [0.2, 0.25) is 5.91 Å². The molecule has 2 atom stereocenters. The largest absolute Gasteiger partial charge is 0.364 e. The van der Waals surface area contributed by atoms with Gasteiger partial charge in [-0.15, -0.1) is 0 Å². The van der Waals surface area contributed by atoms with Crippen LogP contribution in [0.2, 0.25) is 0 Å². The van der Waals surface area contributed by atoms with Gasteiger partial charge in [0.15, 0.2) is 5.65 Å². The molecule has 3 aromatic heterocycles. The second-order valence-electron chi connectivity index (χ2n) is 11.9. The lowest BCUT2D eigenvalue weighted by molar-refractivity contribution is -0.117. The summed E-state index contributed by atoms with van der Waals surface area (Å²) < 4.78 is 2.22. The minimum Gasteiger partial charge on any atom is -0.364 e. The van der Waals surface area contributed by atoms with Gasteiger partial charge >= 0.3 is 0 Å². The SMILES string of the molecule is Cc1ccccc1.O=C(Nc1cc(NCc2cn3cc(C4CC4)cc(N4CCN5CCC4C5)c3n2)ncn1)C1CC1. The number of hydrogen-bond donors (Lipinski definition) is 2. The Hall–Kier alpha value is -3.98. The molecule has 8 rings (SSSR count). The van der Waals surface area contributed by atoms with Crippen LogP contribution >= 0.6 is 0 Å². The van der Waals surface area contributed by atoms with Crippen LogP contribution < -0.4 is 15.5 Å². The molecule has 5 heterocycles. The molecule has 9 heteroatoms. The quantitative estimate of drug-likeness (QED) is 0.340. The lowest BCUT2D eigenvalue weighted by atomic mass is 10.1. The number of aromatic nitrogens is 4. The molecule has 4 aromatic rings. The van der Waals surface area contributed by atoms with Crippen molar-refractivity contribution in [2.24, 2.45) is 5.92 Å². The van der Waals surface area contributed by atoms with E-state index in [1.165, 1.54) is 55.5 Å². The van der Waals surface area contributed by atoms with E-state index in [0.717, 1.165) is 37.3 Å². The third-order valence-corrected chi connectivity index (χ3v) is 8.56. The summed E-state index contributed by atoms with van der Waals surface area (Å²) in [5.41, 5.74) is 6.06. The number of piperazine rings is 1. The molecule has 9 nitrogen and oxygen atoms in total. The van der Waals surface area contributed by atoms with Crippen LogP contribution in [-0.2, 0) is 11.3 Å². The number of pyridine rings is 1. The summed E-state index contributed by atoms with van der Waals surface area (Å²) in [7, 11) is 0. The Morgan fingerprint density at radius 2 is 1.78 bits per heavy atom. The minimum absolute atomic E-state index is 0.0482. The van der Waals surface area contributed by atoms with Crippen molar-refractivity contribution in [3.05, 3.63) is 78.0 Å². The molecule has 212 valence electrons. The predicted octanol–water partition coefficient (Wildman–Crippen LogP) is 4.85. The molecule has 41 heavy (non-hydrogen) atoms. The second kappa shape index (κ2) is 11.1. The van der Waals surface area contributed by atoms with E-state index < -0.39 is 0 Å². The van der Waals surface area contributed by atoms with E-state index in [2.05, 4.69) is 72.3 Å². The molecule has 2 aliphatic heterocycles. The predicted molar refractivity (Wildman–Crippen MR) is 161 cm³/mol. The zero-order valence-corrected chi connectivity index (χ0v) is 23.7. The Morgan fingerprint density at radius 1 is 0.951 bits per heavy atom. The van der Waals surface area contributed by atoms with Crippen LogP contribution in [0.25, 0.3) is 5.65 Å². The fourth-order valence-corrected chi connectivity index (χ4v) is 5.92. The Kier molecular flexibility index (Phi) is 7.04. The van der Waals surface area contributed by atoms with E-state index >= 15 is 0 Å². The molecule has 2 bridgehead atoms. The van der Waals surface area contributed by atoms with Crippen molar-refractivity contribution in [2.45, 2.75) is 57.5 Å². The van der Waals surface area contributed by atoms with E-state index in [0.29, 0.717) is 30.1 Å². The van der Waals surface area contributed by atoms with Gasteiger partial charge in [-0.2, -0.15) is 0 Å². The first-order valence-electron chi connectivity index (χ1n) is 15.0. The van der Waals surface area contributed by atoms with Gasteiger partial charge in [-0.05, 0) is 56.6 Å². The average molecular weight is 551 g/mol. The minimum atomic E-state index is 0.0482. The molecule has 2 aliphatic carbocycles. The zero-order chi connectivity index (χ0) is 27.8. The topological polar surface area (TPSA) is 90.7 Å². The molecular weight excluding hydrogens is 512 g/mol. The highest BCUT2D eigenvalue weighted by atomic mass is 16.2. The maximum absolute atomic E-state index is 12.0. The van der Waals surface area contributed by atoms with Crippen molar-refractivity contribution in [1.29, 1.82) is 0 Å². The molecule has 4 aliphatic rings. The van der Waals surface area contributed by atoms with Crippen LogP contribution in [-0.4, -0.2) is 62.4 Å². The zero-order valence-electron chi connectivity index (χ0n) is 23.7. The highest BCUT2D eigenvalue weighted by Crippen LogP contribution is 2.42. The summed E-state index contributed by atoms with van der Waals surface area (Å²) in [6.07, 6.45) is 11.6. The Morgan fingerprint density at radius 3 is 2.54 bits per heavy atom. The monoisotopic (exact) mass is 550 g/mol. The third kappa shape index (κ3) is 6.05. The van der Waals surface area contributed by atoms with Crippen molar-refractivity contribution >= 4 is 28.9 Å². The van der Waals surface area contributed by atoms with Crippen molar-refractivity contribution in [2.75, 3.05) is 41.7 Å². The van der Waals surface area contributed by atoms with Gasteiger partial charge in [-0.3, -0.25) is 9.69 Å². The highest BCUT2D eigenvalue weighted by Gasteiger charge is 2.35. The molecule has 0 radical (unpaired) electrons. The molecule has 2 N–H and O–H groups in total. The number of benzene rings is 1. The van der Waals surface area contributed by atoms with Crippen molar-refractivity contribution < 1.29 is 4.79 Å². The lowest BCUT2D eigenvalue weighted by Crippen LogP contribution is -2.47. The van der Waals surface area contributed by atoms with E-state index in [9.17, 15) is 4.79 Å². The van der Waals surface area contributed by atoms with Crippen molar-refractivity contribution in [3.8, 4) is 0 Å². The fourth-order valence-electron chi connectivity index (χ4n) is 5.92. The molecular formula is C32H38N8O. The van der Waals surface area contributed by atoms with Crippen molar-refractivity contribution in [3.63, 3.8) is 0 Å². The van der Waals surface area contributed by atoms with Crippen LogP contribution in [0.5, 0.6) is 0 Å². The van der Waals surface area contributed by atoms with Gasteiger partial charge in [-0.1, -0.05) is 35.9 Å². The van der Waals surface area contributed by atoms with Gasteiger partial charge in [0.25, 0.3) is 0 Å². The number of nitrogens with one attached hydrogen (secondary N) is 2. The highest BCUT2D eigenvalue weighted by molar-refractivity contribution is 5.93. The smallest absolute Gasteiger partial charge is 0.228 e. The van der Waals surface area contributed by atoms with Gasteiger partial charge < -0.3 is 19.9 Å². The lowest BCUT2D eigenvalue weighted by Gasteiger charge is -2.36. The summed E-state index contributed by atoms with van der Waals surface area (Å²) in [6.45, 7) is 7.24. The summed E-state index contributed by atoms with van der Waals surface area (Å²) in [5.74, 6) is 2.11. The molecule has 2 unspecified atom stereocenters. The number of rotatable bonds is 7. The number of fused-ring (bicyclic) bond motifs is 3. The first kappa shape index (κ1) is 26.0. The Balaban J connectivity index is 0.000000348.